The molecule has 1 aromatic heterocycles. The van der Waals surface area contributed by atoms with Gasteiger partial charge in [-0.3, -0.25) is 4.79 Å². The van der Waals surface area contributed by atoms with Gasteiger partial charge in [0.1, 0.15) is 6.26 Å². The van der Waals surface area contributed by atoms with E-state index in [9.17, 15) is 9.59 Å². The van der Waals surface area contributed by atoms with E-state index in [1.807, 2.05) is 0 Å². The van der Waals surface area contributed by atoms with Crippen molar-refractivity contribution in [1.82, 2.24) is 4.98 Å². The number of carbonyl (C=O) groups excluding carboxylic acids is 2. The second-order valence-electron chi connectivity index (χ2n) is 3.59. The van der Waals surface area contributed by atoms with Gasteiger partial charge >= 0.3 is 5.97 Å². The summed E-state index contributed by atoms with van der Waals surface area (Å²) in [7, 11) is 1.30. The third-order valence-corrected chi connectivity index (χ3v) is 2.32. The highest BCUT2D eigenvalue weighted by atomic mass is 16.5. The standard InChI is InChI=1S/C12H11N3O4/c1-18-11(17)7-2-4-8(5-3-7)14-10(16)9-6-19-12(13)15-9/h2-6H,1H3,(H2,13,15)(H,14,16). The molecule has 0 aliphatic rings. The van der Waals surface area contributed by atoms with Crippen LogP contribution < -0.4 is 11.1 Å². The van der Waals surface area contributed by atoms with E-state index in [0.29, 0.717) is 11.3 Å². The molecule has 3 N–H and O–H groups in total. The highest BCUT2D eigenvalue weighted by Gasteiger charge is 2.11. The molecule has 0 radical (unpaired) electrons. The lowest BCUT2D eigenvalue weighted by atomic mass is 10.2. The van der Waals surface area contributed by atoms with Crippen LogP contribution in [0, 0.1) is 0 Å². The molecule has 0 bridgehead atoms. The molecule has 0 spiro atoms. The van der Waals surface area contributed by atoms with E-state index in [4.69, 9.17) is 10.2 Å². The zero-order valence-corrected chi connectivity index (χ0v) is 10.0. The maximum atomic E-state index is 11.7. The number of nitrogen functional groups attached to an aromatic ring is 1. The normalized spacial score (nSPS) is 9.95. The topological polar surface area (TPSA) is 107 Å². The highest BCUT2D eigenvalue weighted by molar-refractivity contribution is 6.03. The van der Waals surface area contributed by atoms with Crippen molar-refractivity contribution in [3.05, 3.63) is 41.8 Å². The maximum Gasteiger partial charge on any atom is 0.337 e. The zero-order chi connectivity index (χ0) is 13.8. The van der Waals surface area contributed by atoms with Crippen LogP contribution in [-0.2, 0) is 4.74 Å². The Labute approximate surface area is 108 Å². The van der Waals surface area contributed by atoms with Gasteiger partial charge in [0, 0.05) is 5.69 Å². The van der Waals surface area contributed by atoms with Gasteiger partial charge in [-0.1, -0.05) is 0 Å². The third kappa shape index (κ3) is 2.89. The smallest absolute Gasteiger partial charge is 0.337 e. The highest BCUT2D eigenvalue weighted by Crippen LogP contribution is 2.12. The first-order valence-electron chi connectivity index (χ1n) is 5.31. The van der Waals surface area contributed by atoms with Gasteiger partial charge in [0.2, 0.25) is 0 Å². The molecule has 1 aromatic carbocycles. The number of hydrogen-bond donors (Lipinski definition) is 2. The van der Waals surface area contributed by atoms with Gasteiger partial charge in [0.25, 0.3) is 11.9 Å². The van der Waals surface area contributed by atoms with Crippen molar-refractivity contribution in [3.8, 4) is 0 Å². The monoisotopic (exact) mass is 261 g/mol. The number of nitrogens with zero attached hydrogens (tertiary/aromatic N) is 1. The zero-order valence-electron chi connectivity index (χ0n) is 10.0. The third-order valence-electron chi connectivity index (χ3n) is 2.32. The number of methoxy groups -OCH3 is 1. The van der Waals surface area contributed by atoms with E-state index < -0.39 is 11.9 Å². The number of esters is 1. The minimum atomic E-state index is -0.453. The van der Waals surface area contributed by atoms with Gasteiger partial charge < -0.3 is 20.2 Å². The Morgan fingerprint density at radius 2 is 2.00 bits per heavy atom. The number of rotatable bonds is 3. The van der Waals surface area contributed by atoms with Crippen molar-refractivity contribution in [3.63, 3.8) is 0 Å². The van der Waals surface area contributed by atoms with Gasteiger partial charge in [0.15, 0.2) is 5.69 Å². The summed E-state index contributed by atoms with van der Waals surface area (Å²) in [5.74, 6) is -0.895. The molecule has 0 fully saturated rings. The van der Waals surface area contributed by atoms with Crippen LogP contribution in [0.3, 0.4) is 0 Å². The van der Waals surface area contributed by atoms with Crippen LogP contribution in [0.15, 0.2) is 34.9 Å². The van der Waals surface area contributed by atoms with Crippen molar-refractivity contribution in [1.29, 1.82) is 0 Å². The molecule has 0 unspecified atom stereocenters. The Morgan fingerprint density at radius 3 is 2.53 bits per heavy atom. The molecule has 0 saturated heterocycles. The first-order chi connectivity index (χ1) is 9.10. The molecule has 0 aliphatic heterocycles. The van der Waals surface area contributed by atoms with Crippen LogP contribution in [0.5, 0.6) is 0 Å². The molecule has 1 heterocycles. The molecule has 0 atom stereocenters. The average Bonchev–Trinajstić information content (AvgIpc) is 2.85. The van der Waals surface area contributed by atoms with Crippen molar-refractivity contribution in [2.24, 2.45) is 0 Å². The summed E-state index contributed by atoms with van der Waals surface area (Å²) >= 11 is 0. The quantitative estimate of drug-likeness (QED) is 0.806. The summed E-state index contributed by atoms with van der Waals surface area (Å²) in [6.45, 7) is 0. The number of hydrogen-bond acceptors (Lipinski definition) is 6. The van der Waals surface area contributed by atoms with E-state index >= 15 is 0 Å². The lowest BCUT2D eigenvalue weighted by Crippen LogP contribution is -2.12. The predicted octanol–water partition coefficient (Wildman–Crippen LogP) is 1.30. The molecule has 7 heteroatoms. The summed E-state index contributed by atoms with van der Waals surface area (Å²) in [6.07, 6.45) is 1.16. The van der Waals surface area contributed by atoms with Gasteiger partial charge in [0.05, 0.1) is 12.7 Å². The second kappa shape index (κ2) is 5.21. The molecular weight excluding hydrogens is 250 g/mol. The Balaban J connectivity index is 2.07. The second-order valence-corrected chi connectivity index (χ2v) is 3.59. The van der Waals surface area contributed by atoms with Gasteiger partial charge in [-0.05, 0) is 24.3 Å². The van der Waals surface area contributed by atoms with E-state index in [2.05, 4.69) is 15.0 Å². The van der Waals surface area contributed by atoms with Crippen LogP contribution in [0.2, 0.25) is 0 Å². The maximum absolute atomic E-state index is 11.7. The molecule has 98 valence electrons. The average molecular weight is 261 g/mol. The Bertz CT molecular complexity index is 604. The molecule has 2 rings (SSSR count). The van der Waals surface area contributed by atoms with E-state index in [1.54, 1.807) is 24.3 Å². The Kier molecular flexibility index (Phi) is 3.46. The number of carbonyl (C=O) groups is 2. The van der Waals surface area contributed by atoms with Crippen molar-refractivity contribution >= 4 is 23.6 Å². The van der Waals surface area contributed by atoms with Crippen molar-refractivity contribution in [2.75, 3.05) is 18.2 Å². The molecule has 1 amide bonds. The minimum Gasteiger partial charge on any atom is -0.465 e. The molecule has 19 heavy (non-hydrogen) atoms. The van der Waals surface area contributed by atoms with Crippen molar-refractivity contribution < 1.29 is 18.7 Å². The first-order valence-corrected chi connectivity index (χ1v) is 5.31. The minimum absolute atomic E-state index is 0.0776. The summed E-state index contributed by atoms with van der Waals surface area (Å²) in [4.78, 5) is 26.6. The van der Waals surface area contributed by atoms with Crippen LogP contribution >= 0.6 is 0 Å². The van der Waals surface area contributed by atoms with Crippen LogP contribution in [0.25, 0.3) is 0 Å². The SMILES string of the molecule is COC(=O)c1ccc(NC(=O)c2coc(N)n2)cc1. The fraction of sp³-hybridized carbons (Fsp3) is 0.0833. The number of oxazole rings is 1. The van der Waals surface area contributed by atoms with Gasteiger partial charge in [-0.25, -0.2) is 4.79 Å². The molecule has 2 aromatic rings. The van der Waals surface area contributed by atoms with Crippen molar-refractivity contribution in [2.45, 2.75) is 0 Å². The largest absolute Gasteiger partial charge is 0.465 e. The lowest BCUT2D eigenvalue weighted by Gasteiger charge is -2.04. The first kappa shape index (κ1) is 12.6. The number of nitrogens with two attached hydrogens (primary N) is 1. The molecule has 0 saturated carbocycles. The van der Waals surface area contributed by atoms with E-state index in [-0.39, 0.29) is 11.7 Å². The Hall–Kier alpha value is -2.83. The summed E-state index contributed by atoms with van der Waals surface area (Å²) in [5.41, 5.74) is 6.26. The predicted molar refractivity (Wildman–Crippen MR) is 66.7 cm³/mol. The fourth-order valence-electron chi connectivity index (χ4n) is 1.39. The van der Waals surface area contributed by atoms with E-state index in [1.165, 1.54) is 7.11 Å². The van der Waals surface area contributed by atoms with E-state index in [0.717, 1.165) is 6.26 Å². The summed E-state index contributed by atoms with van der Waals surface area (Å²) in [6, 6.07) is 6.16. The summed E-state index contributed by atoms with van der Waals surface area (Å²) in [5, 5.41) is 2.59. The molecule has 0 aliphatic carbocycles. The molecule has 7 nitrogen and oxygen atoms in total. The number of anilines is 2. The number of benzene rings is 1. The van der Waals surface area contributed by atoms with Gasteiger partial charge in [-0.2, -0.15) is 4.98 Å². The lowest BCUT2D eigenvalue weighted by molar-refractivity contribution is 0.0600. The van der Waals surface area contributed by atoms with Gasteiger partial charge in [-0.15, -0.1) is 0 Å². The van der Waals surface area contributed by atoms with Crippen LogP contribution in [0.1, 0.15) is 20.8 Å². The number of aromatic nitrogens is 1. The van der Waals surface area contributed by atoms with Crippen LogP contribution in [-0.4, -0.2) is 24.0 Å². The van der Waals surface area contributed by atoms with Crippen LogP contribution in [0.4, 0.5) is 11.7 Å². The fourth-order valence-corrected chi connectivity index (χ4v) is 1.39. The summed E-state index contributed by atoms with van der Waals surface area (Å²) < 4.78 is 9.30. The number of amides is 1. The molecular formula is C12H11N3O4. The number of ether oxygens (including phenoxy) is 1. The Morgan fingerprint density at radius 1 is 1.32 bits per heavy atom. The number of nitrogens with one attached hydrogen (secondary N) is 1.